The summed E-state index contributed by atoms with van der Waals surface area (Å²) in [6.45, 7) is 1.79. The third-order valence-electron chi connectivity index (χ3n) is 4.87. The molecule has 0 spiro atoms. The van der Waals surface area contributed by atoms with Gasteiger partial charge >= 0.3 is 0 Å². The van der Waals surface area contributed by atoms with E-state index in [1.165, 1.54) is 9.91 Å². The molecule has 1 aliphatic rings. The molecule has 1 atom stereocenters. The molecular formula is C22H25N3O3. The number of amides is 2. The van der Waals surface area contributed by atoms with Gasteiger partial charge in [-0.25, -0.2) is 5.01 Å². The van der Waals surface area contributed by atoms with Crippen molar-refractivity contribution >= 4 is 17.5 Å². The van der Waals surface area contributed by atoms with Gasteiger partial charge in [0, 0.05) is 19.9 Å². The lowest BCUT2D eigenvalue weighted by atomic mass is 9.98. The van der Waals surface area contributed by atoms with Crippen molar-refractivity contribution in [3.63, 3.8) is 0 Å². The van der Waals surface area contributed by atoms with Crippen LogP contribution in [0.3, 0.4) is 0 Å². The molecule has 0 fully saturated rings. The minimum Gasteiger partial charge on any atom is -0.497 e. The molecule has 28 heavy (non-hydrogen) atoms. The second-order valence-corrected chi connectivity index (χ2v) is 6.75. The molecule has 3 rings (SSSR count). The average molecular weight is 379 g/mol. The molecule has 1 heterocycles. The fourth-order valence-corrected chi connectivity index (χ4v) is 3.27. The predicted molar refractivity (Wildman–Crippen MR) is 108 cm³/mol. The second-order valence-electron chi connectivity index (χ2n) is 6.75. The van der Waals surface area contributed by atoms with Crippen molar-refractivity contribution in [1.82, 2.24) is 9.91 Å². The van der Waals surface area contributed by atoms with E-state index in [4.69, 9.17) is 4.74 Å². The fourth-order valence-electron chi connectivity index (χ4n) is 3.27. The van der Waals surface area contributed by atoms with E-state index in [2.05, 4.69) is 5.10 Å². The molecule has 0 bridgehead atoms. The number of methoxy groups -OCH3 is 1. The first-order chi connectivity index (χ1) is 13.5. The Labute approximate surface area is 165 Å². The maximum Gasteiger partial charge on any atom is 0.262 e. The van der Waals surface area contributed by atoms with Gasteiger partial charge in [0.05, 0.1) is 18.9 Å². The normalized spacial score (nSPS) is 15.9. The lowest BCUT2D eigenvalue weighted by molar-refractivity contribution is -0.140. The van der Waals surface area contributed by atoms with E-state index in [9.17, 15) is 9.59 Å². The van der Waals surface area contributed by atoms with Crippen LogP contribution in [0.1, 0.15) is 36.9 Å². The molecule has 6 nitrogen and oxygen atoms in total. The first kappa shape index (κ1) is 19.6. The Morgan fingerprint density at radius 2 is 1.82 bits per heavy atom. The van der Waals surface area contributed by atoms with Gasteiger partial charge in [-0.05, 0) is 35.4 Å². The van der Waals surface area contributed by atoms with Crippen molar-refractivity contribution in [2.75, 3.05) is 20.7 Å². The van der Waals surface area contributed by atoms with Crippen LogP contribution >= 0.6 is 0 Å². The number of hydrazone groups is 1. The van der Waals surface area contributed by atoms with Crippen LogP contribution in [-0.4, -0.2) is 48.1 Å². The van der Waals surface area contributed by atoms with Gasteiger partial charge in [-0.3, -0.25) is 9.59 Å². The second kappa shape index (κ2) is 8.69. The predicted octanol–water partition coefficient (Wildman–Crippen LogP) is 3.24. The molecule has 2 aromatic carbocycles. The molecule has 1 aliphatic heterocycles. The first-order valence-corrected chi connectivity index (χ1v) is 9.36. The highest BCUT2D eigenvalue weighted by Gasteiger charge is 2.33. The SMILES string of the molecule is CCC(=O)N(C)CC(=O)N1N=C(c2ccc(OC)cc2)C[C@H]1c1ccccc1. The summed E-state index contributed by atoms with van der Waals surface area (Å²) in [5.41, 5.74) is 2.82. The number of hydrogen-bond acceptors (Lipinski definition) is 4. The number of benzene rings is 2. The third-order valence-corrected chi connectivity index (χ3v) is 4.87. The van der Waals surface area contributed by atoms with Crippen LogP contribution in [-0.2, 0) is 9.59 Å². The van der Waals surface area contributed by atoms with Crippen molar-refractivity contribution in [3.05, 3.63) is 65.7 Å². The maximum atomic E-state index is 12.9. The lowest BCUT2D eigenvalue weighted by Crippen LogP contribution is -2.38. The average Bonchev–Trinajstić information content (AvgIpc) is 3.19. The topological polar surface area (TPSA) is 62.2 Å². The summed E-state index contributed by atoms with van der Waals surface area (Å²) in [6, 6.07) is 17.3. The van der Waals surface area contributed by atoms with Gasteiger partial charge in [0.1, 0.15) is 12.3 Å². The summed E-state index contributed by atoms with van der Waals surface area (Å²) in [5.74, 6) is 0.513. The van der Waals surface area contributed by atoms with E-state index < -0.39 is 0 Å². The fraction of sp³-hybridized carbons (Fsp3) is 0.318. The number of nitrogens with zero attached hydrogens (tertiary/aromatic N) is 3. The van der Waals surface area contributed by atoms with Crippen molar-refractivity contribution in [3.8, 4) is 5.75 Å². The number of carbonyl (C=O) groups is 2. The van der Waals surface area contributed by atoms with E-state index in [1.807, 2.05) is 54.6 Å². The minimum atomic E-state index is -0.193. The molecule has 0 N–H and O–H groups in total. The van der Waals surface area contributed by atoms with Crippen molar-refractivity contribution < 1.29 is 14.3 Å². The molecule has 0 saturated heterocycles. The molecule has 0 aromatic heterocycles. The van der Waals surface area contributed by atoms with Crippen LogP contribution in [0.4, 0.5) is 0 Å². The van der Waals surface area contributed by atoms with E-state index >= 15 is 0 Å². The molecule has 2 amide bonds. The quantitative estimate of drug-likeness (QED) is 0.774. The smallest absolute Gasteiger partial charge is 0.262 e. The summed E-state index contributed by atoms with van der Waals surface area (Å²) in [6.07, 6.45) is 0.986. The number of hydrogen-bond donors (Lipinski definition) is 0. The Kier molecular flexibility index (Phi) is 6.09. The highest BCUT2D eigenvalue weighted by Crippen LogP contribution is 2.33. The van der Waals surface area contributed by atoms with Gasteiger partial charge in [0.25, 0.3) is 5.91 Å². The van der Waals surface area contributed by atoms with Crippen LogP contribution in [0, 0.1) is 0 Å². The Morgan fingerprint density at radius 3 is 2.43 bits per heavy atom. The Balaban J connectivity index is 1.87. The van der Waals surface area contributed by atoms with Crippen LogP contribution in [0.15, 0.2) is 59.7 Å². The minimum absolute atomic E-state index is 0.00932. The molecule has 2 aromatic rings. The highest BCUT2D eigenvalue weighted by atomic mass is 16.5. The Morgan fingerprint density at radius 1 is 1.14 bits per heavy atom. The zero-order chi connectivity index (χ0) is 20.1. The number of ether oxygens (including phenoxy) is 1. The van der Waals surface area contributed by atoms with Crippen LogP contribution in [0.2, 0.25) is 0 Å². The largest absolute Gasteiger partial charge is 0.497 e. The van der Waals surface area contributed by atoms with Crippen molar-refractivity contribution in [2.45, 2.75) is 25.8 Å². The van der Waals surface area contributed by atoms with Crippen molar-refractivity contribution in [1.29, 1.82) is 0 Å². The molecule has 0 saturated carbocycles. The lowest BCUT2D eigenvalue weighted by Gasteiger charge is -2.24. The van der Waals surface area contributed by atoms with Gasteiger partial charge < -0.3 is 9.64 Å². The zero-order valence-electron chi connectivity index (χ0n) is 16.5. The molecule has 0 aliphatic carbocycles. The van der Waals surface area contributed by atoms with E-state index in [0.717, 1.165) is 22.6 Å². The summed E-state index contributed by atoms with van der Waals surface area (Å²) in [5, 5.41) is 6.15. The zero-order valence-corrected chi connectivity index (χ0v) is 16.5. The molecule has 0 unspecified atom stereocenters. The standard InChI is InChI=1S/C22H25N3O3/c1-4-21(26)24(2)15-22(27)25-20(17-8-6-5-7-9-17)14-19(23-25)16-10-12-18(28-3)13-11-16/h5-13,20H,4,14-15H2,1-3H3/t20-/m0/s1. The Bertz CT molecular complexity index is 862. The Hall–Kier alpha value is -3.15. The molecular weight excluding hydrogens is 354 g/mol. The molecule has 6 heteroatoms. The van der Waals surface area contributed by atoms with E-state index in [-0.39, 0.29) is 24.4 Å². The first-order valence-electron chi connectivity index (χ1n) is 9.36. The summed E-state index contributed by atoms with van der Waals surface area (Å²) >= 11 is 0. The van der Waals surface area contributed by atoms with Gasteiger partial charge in [-0.2, -0.15) is 5.10 Å². The summed E-state index contributed by atoms with van der Waals surface area (Å²) < 4.78 is 5.22. The summed E-state index contributed by atoms with van der Waals surface area (Å²) in [4.78, 5) is 26.3. The number of carbonyl (C=O) groups excluding carboxylic acids is 2. The monoisotopic (exact) mass is 379 g/mol. The number of rotatable bonds is 6. The summed E-state index contributed by atoms with van der Waals surface area (Å²) in [7, 11) is 3.27. The van der Waals surface area contributed by atoms with Gasteiger partial charge in [-0.1, -0.05) is 37.3 Å². The van der Waals surface area contributed by atoms with Crippen molar-refractivity contribution in [2.24, 2.45) is 5.10 Å². The van der Waals surface area contributed by atoms with Gasteiger partial charge in [0.15, 0.2) is 0 Å². The number of likely N-dealkylation sites (N-methyl/N-ethyl adjacent to an activating group) is 1. The molecule has 146 valence electrons. The van der Waals surface area contributed by atoms with E-state index in [1.54, 1.807) is 21.1 Å². The highest BCUT2D eigenvalue weighted by molar-refractivity contribution is 6.03. The van der Waals surface area contributed by atoms with Crippen LogP contribution in [0.25, 0.3) is 0 Å². The third kappa shape index (κ3) is 4.22. The van der Waals surface area contributed by atoms with E-state index in [0.29, 0.717) is 12.8 Å². The molecule has 0 radical (unpaired) electrons. The van der Waals surface area contributed by atoms with Crippen LogP contribution < -0.4 is 4.74 Å². The maximum absolute atomic E-state index is 12.9. The van der Waals surface area contributed by atoms with Gasteiger partial charge in [-0.15, -0.1) is 0 Å². The van der Waals surface area contributed by atoms with Gasteiger partial charge in [0.2, 0.25) is 5.91 Å². The van der Waals surface area contributed by atoms with Crippen LogP contribution in [0.5, 0.6) is 5.75 Å².